The number of benzene rings is 1. The molecule has 1 heterocycles. The van der Waals surface area contributed by atoms with Crippen molar-refractivity contribution < 1.29 is 9.53 Å². The van der Waals surface area contributed by atoms with Crippen molar-refractivity contribution in [3.8, 4) is 0 Å². The Morgan fingerprint density at radius 1 is 1.43 bits per heavy atom. The van der Waals surface area contributed by atoms with Crippen LogP contribution in [-0.2, 0) is 9.53 Å². The summed E-state index contributed by atoms with van der Waals surface area (Å²) in [5, 5.41) is 6.59. The second-order valence-corrected chi connectivity index (χ2v) is 5.05. The quantitative estimate of drug-likeness (QED) is 0.871. The summed E-state index contributed by atoms with van der Waals surface area (Å²) in [5.41, 5.74) is 1.60. The van der Waals surface area contributed by atoms with E-state index in [4.69, 9.17) is 16.3 Å². The van der Waals surface area contributed by atoms with Crippen molar-refractivity contribution in [3.63, 3.8) is 0 Å². The molecule has 1 unspecified atom stereocenters. The molecule has 1 atom stereocenters. The molecule has 1 aromatic carbocycles. The summed E-state index contributed by atoms with van der Waals surface area (Å²) in [7, 11) is 3.83. The molecule has 5 nitrogen and oxygen atoms in total. The molecule has 2 N–H and O–H groups in total. The first-order chi connectivity index (χ1) is 9.08. The van der Waals surface area contributed by atoms with E-state index in [0.717, 1.165) is 12.2 Å². The van der Waals surface area contributed by atoms with Gasteiger partial charge in [-0.2, -0.15) is 0 Å². The third kappa shape index (κ3) is 5.52. The van der Waals surface area contributed by atoms with E-state index < -0.39 is 6.10 Å². The van der Waals surface area contributed by atoms with Crippen LogP contribution >= 0.6 is 36.4 Å². The van der Waals surface area contributed by atoms with Crippen molar-refractivity contribution in [1.82, 2.24) is 5.32 Å². The number of halogens is 3. The number of hydrogen-bond acceptors (Lipinski definition) is 4. The van der Waals surface area contributed by atoms with Gasteiger partial charge < -0.3 is 20.3 Å². The lowest BCUT2D eigenvalue weighted by Gasteiger charge is -2.24. The standard InChI is InChI=1S/C13H18ClN3O2.2ClH/c1-17(2)11-4-3-9(14)7-10(11)16-13(18)12-8-15-5-6-19-12;;/h3-4,7,12,15H,5-6,8H2,1-2H3,(H,16,18);2*1H. The Morgan fingerprint density at radius 3 is 2.71 bits per heavy atom. The van der Waals surface area contributed by atoms with Gasteiger partial charge >= 0.3 is 0 Å². The Hall–Kier alpha value is -0.720. The first-order valence-corrected chi connectivity index (χ1v) is 6.56. The Morgan fingerprint density at radius 2 is 2.14 bits per heavy atom. The number of carbonyl (C=O) groups excluding carboxylic acids is 1. The van der Waals surface area contributed by atoms with Crippen LogP contribution in [0.25, 0.3) is 0 Å². The highest BCUT2D eigenvalue weighted by atomic mass is 35.5. The highest BCUT2D eigenvalue weighted by Crippen LogP contribution is 2.28. The van der Waals surface area contributed by atoms with Gasteiger partial charge in [0.15, 0.2) is 0 Å². The number of morpholine rings is 1. The number of amides is 1. The molecule has 0 aliphatic carbocycles. The Labute approximate surface area is 142 Å². The van der Waals surface area contributed by atoms with Gasteiger partial charge in [-0.25, -0.2) is 0 Å². The molecule has 120 valence electrons. The molecule has 2 rings (SSSR count). The van der Waals surface area contributed by atoms with Crippen molar-refractivity contribution >= 4 is 53.7 Å². The summed E-state index contributed by atoms with van der Waals surface area (Å²) in [6.07, 6.45) is -0.456. The molecule has 1 aliphatic rings. The van der Waals surface area contributed by atoms with Gasteiger partial charge in [0.2, 0.25) is 0 Å². The predicted molar refractivity (Wildman–Crippen MR) is 91.5 cm³/mol. The van der Waals surface area contributed by atoms with E-state index in [0.29, 0.717) is 23.9 Å². The Bertz CT molecular complexity index is 466. The van der Waals surface area contributed by atoms with E-state index in [-0.39, 0.29) is 30.7 Å². The number of nitrogens with zero attached hydrogens (tertiary/aromatic N) is 1. The first-order valence-electron chi connectivity index (χ1n) is 6.18. The maximum atomic E-state index is 12.1. The van der Waals surface area contributed by atoms with Gasteiger partial charge in [0.05, 0.1) is 18.0 Å². The number of nitrogens with one attached hydrogen (secondary N) is 2. The van der Waals surface area contributed by atoms with Crippen LogP contribution in [0.4, 0.5) is 11.4 Å². The summed E-state index contributed by atoms with van der Waals surface area (Å²) in [4.78, 5) is 14.0. The zero-order valence-corrected chi connectivity index (χ0v) is 14.3. The summed E-state index contributed by atoms with van der Waals surface area (Å²) in [6, 6.07) is 5.41. The molecule has 0 saturated carbocycles. The maximum Gasteiger partial charge on any atom is 0.254 e. The smallest absolute Gasteiger partial charge is 0.254 e. The van der Waals surface area contributed by atoms with Gasteiger partial charge in [0, 0.05) is 32.2 Å². The van der Waals surface area contributed by atoms with Crippen LogP contribution in [0, 0.1) is 0 Å². The van der Waals surface area contributed by atoms with Crippen LogP contribution in [0.3, 0.4) is 0 Å². The van der Waals surface area contributed by atoms with Crippen molar-refractivity contribution in [2.24, 2.45) is 0 Å². The van der Waals surface area contributed by atoms with Crippen molar-refractivity contribution in [2.45, 2.75) is 6.10 Å². The fourth-order valence-electron chi connectivity index (χ4n) is 1.95. The van der Waals surface area contributed by atoms with E-state index in [1.54, 1.807) is 12.1 Å². The summed E-state index contributed by atoms with van der Waals surface area (Å²) >= 11 is 5.98. The topological polar surface area (TPSA) is 53.6 Å². The van der Waals surface area contributed by atoms with E-state index in [1.807, 2.05) is 25.1 Å². The minimum Gasteiger partial charge on any atom is -0.376 e. The SMILES string of the molecule is CN(C)c1ccc(Cl)cc1NC(=O)C1CNCCO1.Cl.Cl. The molecule has 0 radical (unpaired) electrons. The second-order valence-electron chi connectivity index (χ2n) is 4.61. The Kier molecular flexibility index (Phi) is 9.01. The molecule has 8 heteroatoms. The molecular weight excluding hydrogens is 337 g/mol. The van der Waals surface area contributed by atoms with Crippen LogP contribution in [-0.4, -0.2) is 45.8 Å². The predicted octanol–water partition coefficient (Wildman–Crippen LogP) is 2.18. The van der Waals surface area contributed by atoms with Crippen molar-refractivity contribution in [1.29, 1.82) is 0 Å². The number of hydrogen-bond donors (Lipinski definition) is 2. The fourth-order valence-corrected chi connectivity index (χ4v) is 2.12. The van der Waals surface area contributed by atoms with Crippen LogP contribution in [0.15, 0.2) is 18.2 Å². The van der Waals surface area contributed by atoms with Crippen LogP contribution < -0.4 is 15.5 Å². The summed E-state index contributed by atoms with van der Waals surface area (Å²) in [6.45, 7) is 1.86. The molecule has 1 saturated heterocycles. The normalized spacial score (nSPS) is 17.2. The lowest BCUT2D eigenvalue weighted by Crippen LogP contribution is -2.45. The maximum absolute atomic E-state index is 12.1. The zero-order chi connectivity index (χ0) is 13.8. The minimum atomic E-state index is -0.456. The van der Waals surface area contributed by atoms with Crippen molar-refractivity contribution in [3.05, 3.63) is 23.2 Å². The summed E-state index contributed by atoms with van der Waals surface area (Å²) in [5.74, 6) is -0.155. The fraction of sp³-hybridized carbons (Fsp3) is 0.462. The number of carbonyl (C=O) groups is 1. The van der Waals surface area contributed by atoms with Gasteiger partial charge in [0.1, 0.15) is 6.10 Å². The molecule has 1 aromatic rings. The van der Waals surface area contributed by atoms with Gasteiger partial charge in [-0.1, -0.05) is 11.6 Å². The first kappa shape index (κ1) is 20.3. The molecule has 1 aliphatic heterocycles. The highest BCUT2D eigenvalue weighted by Gasteiger charge is 2.22. The molecule has 0 aromatic heterocycles. The van der Waals surface area contributed by atoms with E-state index >= 15 is 0 Å². The average molecular weight is 357 g/mol. The van der Waals surface area contributed by atoms with Gasteiger partial charge in [-0.3, -0.25) is 4.79 Å². The van der Waals surface area contributed by atoms with Crippen molar-refractivity contribution in [2.75, 3.05) is 44.0 Å². The minimum absolute atomic E-state index is 0. The lowest BCUT2D eigenvalue weighted by atomic mass is 10.2. The number of rotatable bonds is 3. The zero-order valence-electron chi connectivity index (χ0n) is 11.9. The van der Waals surface area contributed by atoms with Crippen LogP contribution in [0.1, 0.15) is 0 Å². The van der Waals surface area contributed by atoms with Crippen LogP contribution in [0.5, 0.6) is 0 Å². The average Bonchev–Trinajstić information content (AvgIpc) is 2.39. The third-order valence-corrected chi connectivity index (χ3v) is 3.15. The highest BCUT2D eigenvalue weighted by molar-refractivity contribution is 6.31. The molecular formula is C13H20Cl3N3O2. The molecule has 1 amide bonds. The number of ether oxygens (including phenoxy) is 1. The monoisotopic (exact) mass is 355 g/mol. The van der Waals surface area contributed by atoms with Gasteiger partial charge in [-0.05, 0) is 18.2 Å². The second kappa shape index (κ2) is 9.33. The molecule has 21 heavy (non-hydrogen) atoms. The van der Waals surface area contributed by atoms with E-state index in [2.05, 4.69) is 10.6 Å². The van der Waals surface area contributed by atoms with Crippen LogP contribution in [0.2, 0.25) is 5.02 Å². The van der Waals surface area contributed by atoms with Gasteiger partial charge in [0.25, 0.3) is 5.91 Å². The van der Waals surface area contributed by atoms with Gasteiger partial charge in [-0.15, -0.1) is 24.8 Å². The van der Waals surface area contributed by atoms with E-state index in [9.17, 15) is 4.79 Å². The largest absolute Gasteiger partial charge is 0.376 e. The molecule has 0 spiro atoms. The Balaban J connectivity index is 0.00000200. The number of anilines is 2. The molecule has 0 bridgehead atoms. The lowest BCUT2D eigenvalue weighted by molar-refractivity contribution is -0.128. The summed E-state index contributed by atoms with van der Waals surface area (Å²) < 4.78 is 5.42. The third-order valence-electron chi connectivity index (χ3n) is 2.92. The van der Waals surface area contributed by atoms with E-state index in [1.165, 1.54) is 0 Å². The molecule has 1 fully saturated rings.